The van der Waals surface area contributed by atoms with E-state index in [4.69, 9.17) is 14.2 Å². The van der Waals surface area contributed by atoms with Gasteiger partial charge in [0.15, 0.2) is 11.5 Å². The summed E-state index contributed by atoms with van der Waals surface area (Å²) < 4.78 is 16.2. The maximum Gasteiger partial charge on any atom is 0.231 e. The first-order valence-electron chi connectivity index (χ1n) is 7.23. The van der Waals surface area contributed by atoms with Crippen LogP contribution in [0.25, 0.3) is 0 Å². The third-order valence-electron chi connectivity index (χ3n) is 3.69. The van der Waals surface area contributed by atoms with Crippen molar-refractivity contribution in [2.24, 2.45) is 0 Å². The van der Waals surface area contributed by atoms with Crippen molar-refractivity contribution in [3.05, 3.63) is 23.8 Å². The largest absolute Gasteiger partial charge is 0.454 e. The Morgan fingerprint density at radius 1 is 1.41 bits per heavy atom. The van der Waals surface area contributed by atoms with Crippen molar-refractivity contribution in [3.8, 4) is 11.5 Å². The zero-order valence-electron chi connectivity index (χ0n) is 12.5. The molecule has 2 unspecified atom stereocenters. The molecule has 0 aromatic heterocycles. The number of morpholine rings is 1. The Kier molecular flexibility index (Phi) is 5.88. The molecule has 3 rings (SSSR count). The highest BCUT2D eigenvalue weighted by atomic mass is 35.5. The highest BCUT2D eigenvalue weighted by Gasteiger charge is 2.20. The minimum Gasteiger partial charge on any atom is -0.454 e. The van der Waals surface area contributed by atoms with Gasteiger partial charge in [-0.2, -0.15) is 0 Å². The van der Waals surface area contributed by atoms with Gasteiger partial charge < -0.3 is 24.8 Å². The second-order valence-electron chi connectivity index (χ2n) is 5.30. The molecule has 2 heterocycles. The first kappa shape index (κ1) is 16.9. The van der Waals surface area contributed by atoms with Crippen LogP contribution in [0.5, 0.6) is 11.5 Å². The summed E-state index contributed by atoms with van der Waals surface area (Å²) in [5, 5.41) is 6.21. The molecule has 1 saturated heterocycles. The minimum atomic E-state index is -0.0800. The van der Waals surface area contributed by atoms with Gasteiger partial charge in [-0.3, -0.25) is 4.79 Å². The number of carbonyl (C=O) groups excluding carboxylic acids is 1. The van der Waals surface area contributed by atoms with Crippen molar-refractivity contribution in [3.63, 3.8) is 0 Å². The quantitative estimate of drug-likeness (QED) is 0.874. The van der Waals surface area contributed by atoms with Crippen molar-refractivity contribution in [2.75, 3.05) is 26.5 Å². The number of nitrogens with one attached hydrogen (secondary N) is 2. The van der Waals surface area contributed by atoms with E-state index in [-0.39, 0.29) is 37.3 Å². The van der Waals surface area contributed by atoms with Gasteiger partial charge in [0.25, 0.3) is 0 Å². The molecular weight excluding hydrogens is 308 g/mol. The normalized spacial score (nSPS) is 20.9. The lowest BCUT2D eigenvalue weighted by molar-refractivity contribution is -0.125. The molecular formula is C15H21ClN2O4. The molecule has 6 nitrogen and oxygen atoms in total. The van der Waals surface area contributed by atoms with E-state index in [1.54, 1.807) is 0 Å². The van der Waals surface area contributed by atoms with E-state index in [1.165, 1.54) is 0 Å². The topological polar surface area (TPSA) is 68.8 Å². The Bertz CT molecular complexity index is 520. The Morgan fingerprint density at radius 2 is 2.23 bits per heavy atom. The van der Waals surface area contributed by atoms with Gasteiger partial charge in [0.1, 0.15) is 0 Å². The van der Waals surface area contributed by atoms with E-state index in [2.05, 4.69) is 10.6 Å². The van der Waals surface area contributed by atoms with Crippen LogP contribution in [-0.4, -0.2) is 38.5 Å². The molecule has 0 bridgehead atoms. The molecule has 2 atom stereocenters. The standard InChI is InChI=1S/C15H20N2O4.ClH/c1-10(11-2-3-13-14(6-11)21-9-20-13)17-15(18)7-12-8-16-4-5-19-12;/h2-3,6,10,12,16H,4-5,7-9H2,1H3,(H,17,18);1H. The average Bonchev–Trinajstić information content (AvgIpc) is 2.95. The highest BCUT2D eigenvalue weighted by Crippen LogP contribution is 2.34. The van der Waals surface area contributed by atoms with E-state index >= 15 is 0 Å². The van der Waals surface area contributed by atoms with Crippen LogP contribution in [0.1, 0.15) is 24.9 Å². The van der Waals surface area contributed by atoms with Gasteiger partial charge in [-0.15, -0.1) is 12.4 Å². The fourth-order valence-corrected chi connectivity index (χ4v) is 2.52. The van der Waals surface area contributed by atoms with Crippen molar-refractivity contribution in [1.82, 2.24) is 10.6 Å². The van der Waals surface area contributed by atoms with E-state index in [1.807, 2.05) is 25.1 Å². The number of rotatable bonds is 4. The zero-order chi connectivity index (χ0) is 14.7. The van der Waals surface area contributed by atoms with Crippen LogP contribution in [0.2, 0.25) is 0 Å². The fraction of sp³-hybridized carbons (Fsp3) is 0.533. The SMILES string of the molecule is CC(NC(=O)CC1CNCCO1)c1ccc2c(c1)OCO2.Cl. The van der Waals surface area contributed by atoms with Gasteiger partial charge in [0.05, 0.1) is 25.2 Å². The number of hydrogen-bond donors (Lipinski definition) is 2. The Morgan fingerprint density at radius 3 is 3.00 bits per heavy atom. The molecule has 0 radical (unpaired) electrons. The molecule has 0 aliphatic carbocycles. The molecule has 1 aromatic carbocycles. The second kappa shape index (κ2) is 7.67. The number of halogens is 1. The third kappa shape index (κ3) is 4.03. The summed E-state index contributed by atoms with van der Waals surface area (Å²) in [6.45, 7) is 4.45. The predicted octanol–water partition coefficient (Wildman–Crippen LogP) is 1.39. The number of hydrogen-bond acceptors (Lipinski definition) is 5. The van der Waals surface area contributed by atoms with Crippen LogP contribution < -0.4 is 20.1 Å². The van der Waals surface area contributed by atoms with Gasteiger partial charge in [-0.05, 0) is 24.6 Å². The second-order valence-corrected chi connectivity index (χ2v) is 5.30. The molecule has 1 fully saturated rings. The number of benzene rings is 1. The minimum absolute atomic E-state index is 0. The fourth-order valence-electron chi connectivity index (χ4n) is 2.52. The maximum atomic E-state index is 12.1. The first-order valence-corrected chi connectivity index (χ1v) is 7.23. The number of amides is 1. The van der Waals surface area contributed by atoms with Crippen molar-refractivity contribution in [1.29, 1.82) is 0 Å². The highest BCUT2D eigenvalue weighted by molar-refractivity contribution is 5.85. The summed E-state index contributed by atoms with van der Waals surface area (Å²) in [5.74, 6) is 1.47. The van der Waals surface area contributed by atoms with Gasteiger partial charge >= 0.3 is 0 Å². The van der Waals surface area contributed by atoms with Crippen molar-refractivity contribution >= 4 is 18.3 Å². The van der Waals surface area contributed by atoms with E-state index in [9.17, 15) is 4.79 Å². The van der Waals surface area contributed by atoms with E-state index < -0.39 is 0 Å². The third-order valence-corrected chi connectivity index (χ3v) is 3.69. The van der Waals surface area contributed by atoms with Gasteiger partial charge in [-0.1, -0.05) is 6.07 Å². The number of carbonyl (C=O) groups is 1. The molecule has 122 valence electrons. The summed E-state index contributed by atoms with van der Waals surface area (Å²) in [6.07, 6.45) is 0.338. The average molecular weight is 329 g/mol. The lowest BCUT2D eigenvalue weighted by Crippen LogP contribution is -2.41. The molecule has 1 aromatic rings. The van der Waals surface area contributed by atoms with Crippen LogP contribution in [0.3, 0.4) is 0 Å². The maximum absolute atomic E-state index is 12.1. The van der Waals surface area contributed by atoms with Gasteiger partial charge in [0, 0.05) is 13.1 Å². The molecule has 7 heteroatoms. The van der Waals surface area contributed by atoms with Crippen LogP contribution in [0, 0.1) is 0 Å². The molecule has 2 aliphatic rings. The summed E-state index contributed by atoms with van der Waals surface area (Å²) in [5.41, 5.74) is 0.996. The van der Waals surface area contributed by atoms with E-state index in [0.717, 1.165) is 30.2 Å². The first-order chi connectivity index (χ1) is 10.2. The number of ether oxygens (including phenoxy) is 3. The van der Waals surface area contributed by atoms with Crippen molar-refractivity contribution in [2.45, 2.75) is 25.5 Å². The Balaban J connectivity index is 0.00000176. The van der Waals surface area contributed by atoms with Crippen molar-refractivity contribution < 1.29 is 19.0 Å². The van der Waals surface area contributed by atoms with Crippen LogP contribution in [0.4, 0.5) is 0 Å². The summed E-state index contributed by atoms with van der Waals surface area (Å²) in [6, 6.07) is 5.64. The van der Waals surface area contributed by atoms with Crippen LogP contribution >= 0.6 is 12.4 Å². The molecule has 2 aliphatic heterocycles. The molecule has 0 saturated carbocycles. The van der Waals surface area contributed by atoms with E-state index in [0.29, 0.717) is 13.0 Å². The van der Waals surface area contributed by atoms with Crippen LogP contribution in [0.15, 0.2) is 18.2 Å². The van der Waals surface area contributed by atoms with Gasteiger partial charge in [-0.25, -0.2) is 0 Å². The Labute approximate surface area is 135 Å². The van der Waals surface area contributed by atoms with Crippen LogP contribution in [-0.2, 0) is 9.53 Å². The molecule has 22 heavy (non-hydrogen) atoms. The lowest BCUT2D eigenvalue weighted by atomic mass is 10.1. The summed E-state index contributed by atoms with van der Waals surface area (Å²) in [7, 11) is 0. The smallest absolute Gasteiger partial charge is 0.231 e. The summed E-state index contributed by atoms with van der Waals surface area (Å²) in [4.78, 5) is 12.1. The molecule has 2 N–H and O–H groups in total. The summed E-state index contributed by atoms with van der Waals surface area (Å²) >= 11 is 0. The molecule has 1 amide bonds. The zero-order valence-corrected chi connectivity index (χ0v) is 13.3. The monoisotopic (exact) mass is 328 g/mol. The lowest BCUT2D eigenvalue weighted by Gasteiger charge is -2.24. The Hall–Kier alpha value is -1.50. The molecule has 0 spiro atoms. The van der Waals surface area contributed by atoms with Gasteiger partial charge in [0.2, 0.25) is 12.7 Å². The number of fused-ring (bicyclic) bond motifs is 1. The predicted molar refractivity (Wildman–Crippen MR) is 83.6 cm³/mol.